The molecule has 1 nitrogen and oxygen atoms in total. The minimum atomic E-state index is -0.316. The number of halogens is 2. The Morgan fingerprint density at radius 3 is 2.50 bits per heavy atom. The summed E-state index contributed by atoms with van der Waals surface area (Å²) in [4.78, 5) is 0. The molecule has 12 heavy (non-hydrogen) atoms. The lowest BCUT2D eigenvalue weighted by atomic mass is 10.0. The number of hydrogen-bond donors (Lipinski definition) is 1. The SMILES string of the molecule is Cc1c(Cl)ccc(F)c1C(C)N. The van der Waals surface area contributed by atoms with E-state index in [0.717, 1.165) is 5.56 Å². The molecule has 0 aliphatic heterocycles. The van der Waals surface area contributed by atoms with Gasteiger partial charge >= 0.3 is 0 Å². The first-order valence-corrected chi connectivity index (χ1v) is 4.12. The van der Waals surface area contributed by atoms with Crippen LogP contribution >= 0.6 is 11.6 Å². The zero-order valence-electron chi connectivity index (χ0n) is 7.07. The molecule has 1 rings (SSSR count). The van der Waals surface area contributed by atoms with Crippen LogP contribution in [0.1, 0.15) is 24.1 Å². The summed E-state index contributed by atoms with van der Waals surface area (Å²) < 4.78 is 13.1. The van der Waals surface area contributed by atoms with E-state index in [0.29, 0.717) is 10.6 Å². The molecule has 0 spiro atoms. The molecule has 0 saturated carbocycles. The van der Waals surface area contributed by atoms with Crippen LogP contribution < -0.4 is 5.73 Å². The zero-order chi connectivity index (χ0) is 9.30. The molecular weight excluding hydrogens is 177 g/mol. The van der Waals surface area contributed by atoms with Crippen LogP contribution in [0, 0.1) is 12.7 Å². The zero-order valence-corrected chi connectivity index (χ0v) is 7.82. The molecule has 3 heteroatoms. The molecule has 1 unspecified atom stereocenters. The molecule has 0 aliphatic rings. The Kier molecular flexibility index (Phi) is 2.70. The van der Waals surface area contributed by atoms with Gasteiger partial charge < -0.3 is 5.73 Å². The second-order valence-electron chi connectivity index (χ2n) is 2.86. The summed E-state index contributed by atoms with van der Waals surface area (Å²) in [6, 6.07) is 2.57. The molecular formula is C9H11ClFN. The van der Waals surface area contributed by atoms with Crippen molar-refractivity contribution < 1.29 is 4.39 Å². The Morgan fingerprint density at radius 1 is 1.50 bits per heavy atom. The summed E-state index contributed by atoms with van der Waals surface area (Å²) in [7, 11) is 0. The van der Waals surface area contributed by atoms with Gasteiger partial charge in [0.1, 0.15) is 5.82 Å². The molecule has 1 aromatic rings. The minimum absolute atomic E-state index is 0.285. The van der Waals surface area contributed by atoms with Crippen molar-refractivity contribution in [1.29, 1.82) is 0 Å². The van der Waals surface area contributed by atoms with Crippen molar-refractivity contribution in [2.45, 2.75) is 19.9 Å². The van der Waals surface area contributed by atoms with Gasteiger partial charge in [-0.05, 0) is 31.5 Å². The Morgan fingerprint density at radius 2 is 2.08 bits per heavy atom. The van der Waals surface area contributed by atoms with Gasteiger partial charge in [-0.2, -0.15) is 0 Å². The van der Waals surface area contributed by atoms with Gasteiger partial charge in [-0.1, -0.05) is 11.6 Å². The van der Waals surface area contributed by atoms with E-state index in [-0.39, 0.29) is 11.9 Å². The second kappa shape index (κ2) is 3.42. The van der Waals surface area contributed by atoms with Crippen LogP contribution in [0.2, 0.25) is 5.02 Å². The molecule has 1 atom stereocenters. The Bertz CT molecular complexity index is 297. The molecule has 0 aliphatic carbocycles. The number of rotatable bonds is 1. The van der Waals surface area contributed by atoms with E-state index in [9.17, 15) is 4.39 Å². The predicted octanol–water partition coefficient (Wildman–Crippen LogP) is 2.81. The van der Waals surface area contributed by atoms with Gasteiger partial charge in [-0.3, -0.25) is 0 Å². The second-order valence-corrected chi connectivity index (χ2v) is 3.26. The van der Waals surface area contributed by atoms with Crippen LogP contribution in [0.4, 0.5) is 4.39 Å². The summed E-state index contributed by atoms with van der Waals surface area (Å²) in [6.45, 7) is 3.51. The number of hydrogen-bond acceptors (Lipinski definition) is 1. The maximum atomic E-state index is 13.1. The van der Waals surface area contributed by atoms with Gasteiger partial charge in [0.2, 0.25) is 0 Å². The quantitative estimate of drug-likeness (QED) is 0.719. The fraction of sp³-hybridized carbons (Fsp3) is 0.333. The third-order valence-electron chi connectivity index (χ3n) is 1.85. The highest BCUT2D eigenvalue weighted by Gasteiger charge is 2.11. The maximum Gasteiger partial charge on any atom is 0.128 e. The summed E-state index contributed by atoms with van der Waals surface area (Å²) in [5.41, 5.74) is 6.82. The summed E-state index contributed by atoms with van der Waals surface area (Å²) in [5, 5.41) is 0.559. The number of benzene rings is 1. The largest absolute Gasteiger partial charge is 0.324 e. The smallest absolute Gasteiger partial charge is 0.128 e. The molecule has 1 aromatic carbocycles. The first kappa shape index (κ1) is 9.49. The highest BCUT2D eigenvalue weighted by molar-refractivity contribution is 6.31. The maximum absolute atomic E-state index is 13.1. The Labute approximate surface area is 76.3 Å². The minimum Gasteiger partial charge on any atom is -0.324 e. The molecule has 66 valence electrons. The lowest BCUT2D eigenvalue weighted by Gasteiger charge is -2.11. The highest BCUT2D eigenvalue weighted by atomic mass is 35.5. The fourth-order valence-corrected chi connectivity index (χ4v) is 1.39. The van der Waals surface area contributed by atoms with Gasteiger partial charge in [0.15, 0.2) is 0 Å². The third kappa shape index (κ3) is 1.59. The van der Waals surface area contributed by atoms with Crippen LogP contribution in [0.15, 0.2) is 12.1 Å². The average molecular weight is 188 g/mol. The van der Waals surface area contributed by atoms with Crippen molar-refractivity contribution in [2.75, 3.05) is 0 Å². The first-order chi connectivity index (χ1) is 5.54. The van der Waals surface area contributed by atoms with Crippen molar-refractivity contribution >= 4 is 11.6 Å². The van der Waals surface area contributed by atoms with Gasteiger partial charge in [0, 0.05) is 16.6 Å². The van der Waals surface area contributed by atoms with E-state index < -0.39 is 0 Å². The van der Waals surface area contributed by atoms with E-state index in [4.69, 9.17) is 17.3 Å². The summed E-state index contributed by atoms with van der Waals surface area (Å²) >= 11 is 5.81. The molecule has 0 bridgehead atoms. The van der Waals surface area contributed by atoms with E-state index in [2.05, 4.69) is 0 Å². The predicted molar refractivity (Wildman–Crippen MR) is 48.7 cm³/mol. The van der Waals surface area contributed by atoms with Gasteiger partial charge in [0.05, 0.1) is 0 Å². The van der Waals surface area contributed by atoms with Crippen molar-refractivity contribution in [3.05, 3.63) is 34.1 Å². The average Bonchev–Trinajstić information content (AvgIpc) is 1.97. The van der Waals surface area contributed by atoms with Crippen LogP contribution in [0.5, 0.6) is 0 Å². The standard InChI is InChI=1S/C9H11ClFN/c1-5-7(10)3-4-8(11)9(5)6(2)12/h3-4,6H,12H2,1-2H3. The van der Waals surface area contributed by atoms with Crippen molar-refractivity contribution in [3.63, 3.8) is 0 Å². The van der Waals surface area contributed by atoms with Crippen molar-refractivity contribution in [1.82, 2.24) is 0 Å². The van der Waals surface area contributed by atoms with Crippen LogP contribution in [0.25, 0.3) is 0 Å². The molecule has 0 saturated heterocycles. The first-order valence-electron chi connectivity index (χ1n) is 3.74. The summed E-state index contributed by atoms with van der Waals surface area (Å²) in [6.07, 6.45) is 0. The van der Waals surface area contributed by atoms with Crippen LogP contribution in [-0.2, 0) is 0 Å². The molecule has 2 N–H and O–H groups in total. The topological polar surface area (TPSA) is 26.0 Å². The highest BCUT2D eigenvalue weighted by Crippen LogP contribution is 2.25. The number of nitrogens with two attached hydrogens (primary N) is 1. The van der Waals surface area contributed by atoms with Crippen LogP contribution in [-0.4, -0.2) is 0 Å². The Hall–Kier alpha value is -0.600. The Balaban J connectivity index is 3.33. The van der Waals surface area contributed by atoms with Crippen LogP contribution in [0.3, 0.4) is 0 Å². The van der Waals surface area contributed by atoms with E-state index in [1.807, 2.05) is 0 Å². The van der Waals surface area contributed by atoms with E-state index in [1.54, 1.807) is 13.8 Å². The van der Waals surface area contributed by atoms with E-state index >= 15 is 0 Å². The van der Waals surface area contributed by atoms with Crippen molar-refractivity contribution in [3.8, 4) is 0 Å². The molecule has 0 radical (unpaired) electrons. The van der Waals surface area contributed by atoms with Gasteiger partial charge in [-0.15, -0.1) is 0 Å². The van der Waals surface area contributed by atoms with Gasteiger partial charge in [-0.25, -0.2) is 4.39 Å². The molecule has 0 aromatic heterocycles. The molecule has 0 amide bonds. The van der Waals surface area contributed by atoms with Gasteiger partial charge in [0.25, 0.3) is 0 Å². The normalized spacial score (nSPS) is 13.1. The van der Waals surface area contributed by atoms with Crippen molar-refractivity contribution in [2.24, 2.45) is 5.73 Å². The molecule has 0 fully saturated rings. The third-order valence-corrected chi connectivity index (χ3v) is 2.26. The van der Waals surface area contributed by atoms with E-state index in [1.165, 1.54) is 12.1 Å². The lowest BCUT2D eigenvalue weighted by molar-refractivity contribution is 0.591. The monoisotopic (exact) mass is 187 g/mol. The molecule has 0 heterocycles. The summed E-state index contributed by atoms with van der Waals surface area (Å²) in [5.74, 6) is -0.285. The lowest BCUT2D eigenvalue weighted by Crippen LogP contribution is -2.09. The fourth-order valence-electron chi connectivity index (χ4n) is 1.23.